The van der Waals surface area contributed by atoms with Gasteiger partial charge in [0, 0.05) is 13.2 Å². The molecular formula is C15H19F2N3O. The molecule has 2 unspecified atom stereocenters. The van der Waals surface area contributed by atoms with Crippen LogP contribution in [-0.4, -0.2) is 36.7 Å². The molecule has 2 aliphatic rings. The molecule has 0 aliphatic carbocycles. The summed E-state index contributed by atoms with van der Waals surface area (Å²) < 4.78 is 34.0. The Kier molecular flexibility index (Phi) is 3.57. The van der Waals surface area contributed by atoms with Crippen LogP contribution in [0.5, 0.6) is 0 Å². The first-order valence-corrected chi connectivity index (χ1v) is 7.16. The lowest BCUT2D eigenvalue weighted by molar-refractivity contribution is 0.0672. The van der Waals surface area contributed by atoms with Crippen molar-refractivity contribution in [1.29, 1.82) is 0 Å². The summed E-state index contributed by atoms with van der Waals surface area (Å²) in [5.41, 5.74) is 5.05. The fourth-order valence-corrected chi connectivity index (χ4v) is 3.17. The number of guanidine groups is 1. The minimum atomic E-state index is -0.911. The maximum absolute atomic E-state index is 14.2. The van der Waals surface area contributed by atoms with Gasteiger partial charge < -0.3 is 15.4 Å². The highest BCUT2D eigenvalue weighted by atomic mass is 19.1. The van der Waals surface area contributed by atoms with Crippen molar-refractivity contribution in [2.24, 2.45) is 10.7 Å². The zero-order valence-electron chi connectivity index (χ0n) is 12.0. The Morgan fingerprint density at radius 1 is 1.43 bits per heavy atom. The average Bonchev–Trinajstić information content (AvgIpc) is 3.03. The summed E-state index contributed by atoms with van der Waals surface area (Å²) in [5, 5.41) is 0. The summed E-state index contributed by atoms with van der Waals surface area (Å²) >= 11 is 0. The molecule has 114 valence electrons. The van der Waals surface area contributed by atoms with E-state index in [1.165, 1.54) is 18.2 Å². The fraction of sp³-hybridized carbons (Fsp3) is 0.533. The third-order valence-corrected chi connectivity index (χ3v) is 4.33. The van der Waals surface area contributed by atoms with Crippen LogP contribution < -0.4 is 5.73 Å². The number of halogens is 2. The fourth-order valence-electron chi connectivity index (χ4n) is 3.17. The van der Waals surface area contributed by atoms with E-state index in [2.05, 4.69) is 4.99 Å². The summed E-state index contributed by atoms with van der Waals surface area (Å²) in [6.07, 6.45) is 1.96. The van der Waals surface area contributed by atoms with E-state index < -0.39 is 17.2 Å². The van der Waals surface area contributed by atoms with Crippen LogP contribution in [0.2, 0.25) is 0 Å². The van der Waals surface area contributed by atoms with E-state index in [4.69, 9.17) is 10.5 Å². The van der Waals surface area contributed by atoms with Crippen molar-refractivity contribution >= 4 is 5.96 Å². The van der Waals surface area contributed by atoms with Gasteiger partial charge in [-0.05, 0) is 31.9 Å². The van der Waals surface area contributed by atoms with Gasteiger partial charge in [0.1, 0.15) is 11.6 Å². The van der Waals surface area contributed by atoms with Crippen LogP contribution in [0.4, 0.5) is 8.78 Å². The third-order valence-electron chi connectivity index (χ3n) is 4.33. The summed E-state index contributed by atoms with van der Waals surface area (Å²) in [7, 11) is 0. The van der Waals surface area contributed by atoms with Gasteiger partial charge in [-0.15, -0.1) is 0 Å². The van der Waals surface area contributed by atoms with E-state index in [-0.39, 0.29) is 18.2 Å². The van der Waals surface area contributed by atoms with E-state index in [1.807, 2.05) is 0 Å². The number of rotatable bonds is 3. The van der Waals surface area contributed by atoms with Gasteiger partial charge in [0.15, 0.2) is 5.96 Å². The largest absolute Gasteiger partial charge is 0.376 e. The van der Waals surface area contributed by atoms with Gasteiger partial charge in [-0.25, -0.2) is 8.78 Å². The van der Waals surface area contributed by atoms with Crippen LogP contribution in [0.1, 0.15) is 25.3 Å². The van der Waals surface area contributed by atoms with Crippen LogP contribution in [-0.2, 0) is 10.3 Å². The number of ether oxygens (including phenoxy) is 1. The zero-order valence-corrected chi connectivity index (χ0v) is 12.0. The zero-order chi connectivity index (χ0) is 15.0. The van der Waals surface area contributed by atoms with E-state index in [1.54, 1.807) is 11.8 Å². The predicted octanol–water partition coefficient (Wildman–Crippen LogP) is 1.99. The lowest BCUT2D eigenvalue weighted by Gasteiger charge is -2.38. The van der Waals surface area contributed by atoms with Crippen molar-refractivity contribution < 1.29 is 13.5 Å². The maximum Gasteiger partial charge on any atom is 0.192 e. The molecule has 0 aromatic heterocycles. The van der Waals surface area contributed by atoms with Crippen molar-refractivity contribution in [3.8, 4) is 0 Å². The first-order chi connectivity index (χ1) is 10.0. The Balaban J connectivity index is 1.94. The highest BCUT2D eigenvalue weighted by Crippen LogP contribution is 2.36. The maximum atomic E-state index is 14.2. The smallest absolute Gasteiger partial charge is 0.192 e. The van der Waals surface area contributed by atoms with Crippen molar-refractivity contribution in [2.45, 2.75) is 31.4 Å². The number of hydrogen-bond acceptors (Lipinski definition) is 4. The number of benzene rings is 1. The molecule has 3 rings (SSSR count). The lowest BCUT2D eigenvalue weighted by Crippen LogP contribution is -2.51. The van der Waals surface area contributed by atoms with Crippen LogP contribution >= 0.6 is 0 Å². The average molecular weight is 295 g/mol. The van der Waals surface area contributed by atoms with Crippen molar-refractivity contribution in [2.75, 3.05) is 19.7 Å². The van der Waals surface area contributed by atoms with E-state index in [0.717, 1.165) is 19.4 Å². The number of hydrogen-bond donors (Lipinski definition) is 1. The monoisotopic (exact) mass is 295 g/mol. The van der Waals surface area contributed by atoms with Gasteiger partial charge in [0.25, 0.3) is 0 Å². The molecule has 2 heterocycles. The van der Waals surface area contributed by atoms with Gasteiger partial charge in [-0.1, -0.05) is 6.07 Å². The molecule has 0 spiro atoms. The van der Waals surface area contributed by atoms with Crippen LogP contribution in [0.3, 0.4) is 0 Å². The summed E-state index contributed by atoms with van der Waals surface area (Å²) in [5.74, 6) is -0.824. The second-order valence-corrected chi connectivity index (χ2v) is 5.79. The van der Waals surface area contributed by atoms with Crippen molar-refractivity contribution in [3.05, 3.63) is 35.4 Å². The number of aliphatic imine (C=N–C) groups is 1. The van der Waals surface area contributed by atoms with Crippen molar-refractivity contribution in [1.82, 2.24) is 4.90 Å². The predicted molar refractivity (Wildman–Crippen MR) is 75.9 cm³/mol. The molecule has 1 aromatic rings. The van der Waals surface area contributed by atoms with Gasteiger partial charge in [0.05, 0.1) is 23.8 Å². The molecule has 1 fully saturated rings. The second-order valence-electron chi connectivity index (χ2n) is 5.79. The van der Waals surface area contributed by atoms with Crippen molar-refractivity contribution in [3.63, 3.8) is 0 Å². The van der Waals surface area contributed by atoms with Gasteiger partial charge in [-0.3, -0.25) is 4.99 Å². The minimum Gasteiger partial charge on any atom is -0.376 e. The summed E-state index contributed by atoms with van der Waals surface area (Å²) in [6, 6.07) is 3.89. The Hall–Kier alpha value is -1.69. The highest BCUT2D eigenvalue weighted by molar-refractivity contribution is 5.81. The first kappa shape index (κ1) is 14.3. The molecule has 2 atom stereocenters. The lowest BCUT2D eigenvalue weighted by atomic mass is 9.89. The summed E-state index contributed by atoms with van der Waals surface area (Å²) in [6.45, 7) is 3.23. The molecule has 21 heavy (non-hydrogen) atoms. The number of nitrogens with two attached hydrogens (primary N) is 1. The molecule has 6 heteroatoms. The standard InChI is InChI=1S/C15H19F2N3O/c1-15(13-11(16)5-2-6-12(13)17)9-19-14(18)20(15)8-10-4-3-7-21-10/h2,5-6,10H,3-4,7-9H2,1H3,(H2,18,19). The SMILES string of the molecule is CC1(c2c(F)cccc2F)CN=C(N)N1CC1CCCO1. The first-order valence-electron chi connectivity index (χ1n) is 7.16. The number of nitrogens with zero attached hydrogens (tertiary/aromatic N) is 2. The quantitative estimate of drug-likeness (QED) is 0.928. The Morgan fingerprint density at radius 3 is 2.76 bits per heavy atom. The van der Waals surface area contributed by atoms with Crippen LogP contribution in [0.25, 0.3) is 0 Å². The Bertz CT molecular complexity index is 552. The molecular weight excluding hydrogens is 276 g/mol. The third kappa shape index (κ3) is 2.37. The Morgan fingerprint density at radius 2 is 2.14 bits per heavy atom. The van der Waals surface area contributed by atoms with Crippen LogP contribution in [0, 0.1) is 11.6 Å². The summed E-state index contributed by atoms with van der Waals surface area (Å²) in [4.78, 5) is 5.97. The topological polar surface area (TPSA) is 50.8 Å². The Labute approximate surface area is 122 Å². The molecule has 0 saturated carbocycles. The molecule has 1 aromatic carbocycles. The second kappa shape index (κ2) is 5.26. The molecule has 0 amide bonds. The molecule has 1 saturated heterocycles. The molecule has 0 radical (unpaired) electrons. The van der Waals surface area contributed by atoms with Gasteiger partial charge in [0.2, 0.25) is 0 Å². The molecule has 2 aliphatic heterocycles. The molecule has 2 N–H and O–H groups in total. The van der Waals surface area contributed by atoms with Crippen LogP contribution in [0.15, 0.2) is 23.2 Å². The van der Waals surface area contributed by atoms with Gasteiger partial charge in [-0.2, -0.15) is 0 Å². The van der Waals surface area contributed by atoms with E-state index >= 15 is 0 Å². The molecule has 0 bridgehead atoms. The van der Waals surface area contributed by atoms with E-state index in [0.29, 0.717) is 12.5 Å². The molecule has 4 nitrogen and oxygen atoms in total. The van der Waals surface area contributed by atoms with Gasteiger partial charge >= 0.3 is 0 Å². The normalized spacial score (nSPS) is 29.0. The van der Waals surface area contributed by atoms with E-state index in [9.17, 15) is 8.78 Å². The minimum absolute atomic E-state index is 0.0206. The highest BCUT2D eigenvalue weighted by Gasteiger charge is 2.44.